The van der Waals surface area contributed by atoms with Crippen LogP contribution in [-0.4, -0.2) is 17.9 Å². The lowest BCUT2D eigenvalue weighted by atomic mass is 9.94. The average molecular weight is 353 g/mol. The maximum Gasteiger partial charge on any atom is 0.428 e. The van der Waals surface area contributed by atoms with Gasteiger partial charge in [0, 0.05) is 5.56 Å². The number of halogens is 4. The van der Waals surface area contributed by atoms with Crippen molar-refractivity contribution in [3.05, 3.63) is 59.4 Å². The molecule has 8 heteroatoms. The van der Waals surface area contributed by atoms with Gasteiger partial charge in [0.05, 0.1) is 6.93 Å². The predicted octanol–water partition coefficient (Wildman–Crippen LogP) is 4.34. The maximum absolute atomic E-state index is 13.6. The molecule has 25 heavy (non-hydrogen) atoms. The number of nitrogens with zero attached hydrogens (tertiary/aromatic N) is 1. The molecule has 0 saturated heterocycles. The van der Waals surface area contributed by atoms with E-state index in [9.17, 15) is 22.4 Å². The van der Waals surface area contributed by atoms with E-state index in [1.807, 2.05) is 5.43 Å². The maximum atomic E-state index is 13.6. The van der Waals surface area contributed by atoms with Crippen molar-refractivity contribution in [1.29, 1.82) is 0 Å². The fraction of sp³-hybridized carbons (Fsp3) is 0.176. The fourth-order valence-corrected chi connectivity index (χ4v) is 2.47. The Morgan fingerprint density at radius 3 is 2.40 bits per heavy atom. The zero-order chi connectivity index (χ0) is 19.1. The number of hydrazone groups is 1. The summed E-state index contributed by atoms with van der Waals surface area (Å²) in [6.45, 7) is 1.20. The van der Waals surface area contributed by atoms with Crippen molar-refractivity contribution in [2.75, 3.05) is 0 Å². The van der Waals surface area contributed by atoms with E-state index in [0.717, 1.165) is 18.2 Å². The van der Waals surface area contributed by atoms with Crippen LogP contribution in [0.1, 0.15) is 19.4 Å². The monoisotopic (exact) mass is 353 g/mol. The third kappa shape index (κ3) is 3.47. The average Bonchev–Trinajstić information content (AvgIpc) is 2.53. The van der Waals surface area contributed by atoms with Crippen LogP contribution < -0.4 is 5.43 Å². The van der Waals surface area contributed by atoms with Gasteiger partial charge in [0.25, 0.3) is 0 Å². The molecule has 130 valence electrons. The summed E-state index contributed by atoms with van der Waals surface area (Å²) in [5.41, 5.74) is 0.851. The molecule has 0 saturated carbocycles. The van der Waals surface area contributed by atoms with Crippen LogP contribution in [0.5, 0.6) is 0 Å². The van der Waals surface area contributed by atoms with Gasteiger partial charge in [0.2, 0.25) is 0 Å². The molecule has 0 aliphatic carbocycles. The van der Waals surface area contributed by atoms with Gasteiger partial charge >= 0.3 is 12.3 Å². The van der Waals surface area contributed by atoms with E-state index in [-0.39, 0.29) is 22.4 Å². The minimum atomic E-state index is -4.70. The fourth-order valence-electron chi connectivity index (χ4n) is 2.47. The molecule has 1 atom stereocenters. The topological polar surface area (TPSA) is 50.7 Å². The molecule has 2 aromatic rings. The number of rotatable bonds is 2. The highest BCUT2D eigenvalue weighted by atomic mass is 19.4. The highest BCUT2D eigenvalue weighted by Crippen LogP contribution is 2.38. The number of carbonyl (C=O) groups excluding carboxylic acids is 1. The van der Waals surface area contributed by atoms with E-state index in [2.05, 4.69) is 5.10 Å². The summed E-state index contributed by atoms with van der Waals surface area (Å²) in [7, 11) is 0. The number of ether oxygens (including phenoxy) is 1. The molecule has 0 unspecified atom stereocenters. The Bertz CT molecular complexity index is 893. The van der Waals surface area contributed by atoms with Crippen molar-refractivity contribution < 1.29 is 28.5 Å². The van der Waals surface area contributed by atoms with Crippen LogP contribution in [0.4, 0.5) is 22.4 Å². The van der Waals surface area contributed by atoms with Crippen LogP contribution in [0, 0.1) is 5.82 Å². The van der Waals surface area contributed by atoms with Crippen molar-refractivity contribution in [2.24, 2.45) is 5.10 Å². The van der Waals surface area contributed by atoms with Gasteiger partial charge in [-0.15, -0.1) is 0 Å². The van der Waals surface area contributed by atoms with Crippen LogP contribution in [0.3, 0.4) is 0 Å². The van der Waals surface area contributed by atoms with E-state index in [1.165, 1.54) is 31.2 Å². The van der Waals surface area contributed by atoms with Crippen LogP contribution in [-0.2, 0) is 10.9 Å². The van der Waals surface area contributed by atoms with E-state index in [4.69, 9.17) is 6.11 Å². The molecule has 1 heterocycles. The second-order valence-electron chi connectivity index (χ2n) is 5.28. The minimum absolute atomic E-state index is 0.0271. The molecule has 0 bridgehead atoms. The number of benzene rings is 2. The van der Waals surface area contributed by atoms with Crippen molar-refractivity contribution in [1.82, 2.24) is 5.43 Å². The highest BCUT2D eigenvalue weighted by Gasteiger charge is 2.35. The molecule has 2 aromatic carbocycles. The van der Waals surface area contributed by atoms with Gasteiger partial charge in [-0.3, -0.25) is 0 Å². The lowest BCUT2D eigenvalue weighted by molar-refractivity contribution is -0.137. The van der Waals surface area contributed by atoms with Gasteiger partial charge in [0.1, 0.15) is 17.6 Å². The molecule has 1 N–H and O–H groups in total. The van der Waals surface area contributed by atoms with Gasteiger partial charge in [0.15, 0.2) is 0 Å². The summed E-state index contributed by atoms with van der Waals surface area (Å²) in [6.07, 6.45) is -7.61. The van der Waals surface area contributed by atoms with Gasteiger partial charge < -0.3 is 4.74 Å². The van der Waals surface area contributed by atoms with Gasteiger partial charge in [-0.05, 0) is 36.2 Å². The highest BCUT2D eigenvalue weighted by molar-refractivity contribution is 6.06. The third-order valence-electron chi connectivity index (χ3n) is 3.59. The third-order valence-corrected chi connectivity index (χ3v) is 3.59. The van der Waals surface area contributed by atoms with E-state index in [0.29, 0.717) is 0 Å². The first kappa shape index (κ1) is 15.6. The minimum Gasteiger partial charge on any atom is -0.439 e. The molecule has 0 fully saturated rings. The smallest absolute Gasteiger partial charge is 0.428 e. The molecule has 1 aliphatic heterocycles. The van der Waals surface area contributed by atoms with Crippen molar-refractivity contribution in [3.63, 3.8) is 0 Å². The summed E-state index contributed by atoms with van der Waals surface area (Å²) in [4.78, 5) is 11.2. The summed E-state index contributed by atoms with van der Waals surface area (Å²) in [6, 6.07) is 8.00. The number of cyclic esters (lactones) is 1. The van der Waals surface area contributed by atoms with E-state index < -0.39 is 29.7 Å². The Balaban J connectivity index is 2.14. The molecule has 0 spiro atoms. The molecule has 0 aromatic heterocycles. The van der Waals surface area contributed by atoms with Gasteiger partial charge in [-0.2, -0.15) is 18.3 Å². The van der Waals surface area contributed by atoms with Gasteiger partial charge in [-0.1, -0.05) is 24.3 Å². The Morgan fingerprint density at radius 2 is 1.80 bits per heavy atom. The van der Waals surface area contributed by atoms with Crippen LogP contribution in [0.25, 0.3) is 11.1 Å². The summed E-state index contributed by atoms with van der Waals surface area (Å²) < 4.78 is 66.5. The molecular weight excluding hydrogens is 340 g/mol. The molecular formula is C17H12F4N2O2. The summed E-state index contributed by atoms with van der Waals surface area (Å²) in [5.74, 6) is -0.562. The number of amides is 1. The van der Waals surface area contributed by atoms with Gasteiger partial charge in [-0.25, -0.2) is 14.6 Å². The molecule has 1 amide bonds. The molecule has 1 aliphatic rings. The van der Waals surface area contributed by atoms with Crippen LogP contribution >= 0.6 is 0 Å². The molecule has 4 nitrogen and oxygen atoms in total. The predicted molar refractivity (Wildman–Crippen MR) is 82.5 cm³/mol. The Labute approximate surface area is 141 Å². The Kier molecular flexibility index (Phi) is 3.87. The lowest BCUT2D eigenvalue weighted by Gasteiger charge is -2.21. The summed E-state index contributed by atoms with van der Waals surface area (Å²) in [5, 5.41) is 3.66. The first-order valence-corrected chi connectivity index (χ1v) is 7.12. The first-order valence-electron chi connectivity index (χ1n) is 7.62. The Hall–Kier alpha value is -2.90. The number of nitrogens with one attached hydrogen (secondary N) is 1. The van der Waals surface area contributed by atoms with E-state index >= 15 is 0 Å². The lowest BCUT2D eigenvalue weighted by Crippen LogP contribution is -2.37. The number of carbonyl (C=O) groups is 1. The van der Waals surface area contributed by atoms with Crippen LogP contribution in [0.15, 0.2) is 47.6 Å². The zero-order valence-electron chi connectivity index (χ0n) is 13.8. The largest absolute Gasteiger partial charge is 0.439 e. The quantitative estimate of drug-likeness (QED) is 0.817. The zero-order valence-corrected chi connectivity index (χ0v) is 12.8. The SMILES string of the molecule is [2H][C@@]1(C)OC(=O)NN=C1c1ccc(-c2ccc(F)cc2)c(C(F)(F)F)c1. The molecule has 3 rings (SSSR count). The second-order valence-corrected chi connectivity index (χ2v) is 5.28. The second kappa shape index (κ2) is 6.19. The van der Waals surface area contributed by atoms with Crippen molar-refractivity contribution in [3.8, 4) is 11.1 Å². The van der Waals surface area contributed by atoms with Crippen molar-refractivity contribution >= 4 is 11.8 Å². The Morgan fingerprint density at radius 1 is 1.16 bits per heavy atom. The van der Waals surface area contributed by atoms with Crippen molar-refractivity contribution in [2.45, 2.75) is 19.2 Å². The number of alkyl halides is 3. The van der Waals surface area contributed by atoms with Crippen LogP contribution in [0.2, 0.25) is 0 Å². The standard InChI is InChI=1S/C17H12F4N2O2/c1-9-15(22-23-16(24)25-9)11-4-7-13(14(8-11)17(19,20)21)10-2-5-12(18)6-3-10/h2-9H,1H3,(H,23,24)/t9-/m0/s1/i9D. The van der Waals surface area contributed by atoms with E-state index in [1.54, 1.807) is 0 Å². The normalized spacial score (nSPS) is 21.1. The number of hydrogen-bond acceptors (Lipinski definition) is 3. The molecule has 0 radical (unpaired) electrons. The summed E-state index contributed by atoms with van der Waals surface area (Å²) >= 11 is 0. The number of hydrogen-bond donors (Lipinski definition) is 1. The first-order chi connectivity index (χ1) is 12.1.